The van der Waals surface area contributed by atoms with E-state index in [1.165, 1.54) is 0 Å². The highest BCUT2D eigenvalue weighted by Crippen LogP contribution is 2.26. The minimum absolute atomic E-state index is 0.0817. The Morgan fingerprint density at radius 3 is 2.95 bits per heavy atom. The average molecular weight is 335 g/mol. The van der Waals surface area contributed by atoms with Crippen LogP contribution < -0.4 is 11.5 Å². The zero-order valence-corrected chi connectivity index (χ0v) is 11.9. The second kappa shape index (κ2) is 6.12. The summed E-state index contributed by atoms with van der Waals surface area (Å²) in [4.78, 5) is 14.4. The van der Waals surface area contributed by atoms with E-state index in [-0.39, 0.29) is 6.61 Å². The smallest absolute Gasteiger partial charge is 0.405 e. The van der Waals surface area contributed by atoms with Crippen LogP contribution in [0.4, 0.5) is 10.5 Å². The van der Waals surface area contributed by atoms with Crippen LogP contribution in [0, 0.1) is 11.8 Å². The number of hydrogen-bond acceptors (Lipinski definition) is 4. The summed E-state index contributed by atoms with van der Waals surface area (Å²) >= 11 is 3.38. The van der Waals surface area contributed by atoms with Crippen molar-refractivity contribution in [1.82, 2.24) is 9.55 Å². The Morgan fingerprint density at radius 2 is 2.30 bits per heavy atom. The van der Waals surface area contributed by atoms with Gasteiger partial charge in [0.1, 0.15) is 0 Å². The van der Waals surface area contributed by atoms with Gasteiger partial charge in [0.25, 0.3) is 0 Å². The molecule has 0 bridgehead atoms. The standard InChI is InChI=1S/C13H11BrN4O2/c14-11-7-10(18-4-3-17-8-18)6-9(12(11)15)2-1-5-20-13(16)19/h3-4,6-8H,5,15H2,(H2,16,19). The Bertz CT molecular complexity index is 686. The lowest BCUT2D eigenvalue weighted by Crippen LogP contribution is -2.12. The summed E-state index contributed by atoms with van der Waals surface area (Å²) < 4.78 is 7.09. The largest absolute Gasteiger partial charge is 0.437 e. The van der Waals surface area contributed by atoms with E-state index in [0.29, 0.717) is 11.3 Å². The maximum absolute atomic E-state index is 10.4. The van der Waals surface area contributed by atoms with Crippen LogP contribution in [0.3, 0.4) is 0 Å². The number of rotatable bonds is 2. The van der Waals surface area contributed by atoms with Crippen molar-refractivity contribution in [2.45, 2.75) is 0 Å². The number of benzene rings is 1. The molecule has 0 aliphatic carbocycles. The Hall–Kier alpha value is -2.46. The van der Waals surface area contributed by atoms with Gasteiger partial charge in [-0.05, 0) is 28.1 Å². The van der Waals surface area contributed by atoms with Gasteiger partial charge in [-0.25, -0.2) is 9.78 Å². The Kier molecular flexibility index (Phi) is 4.27. The number of hydrogen-bond donors (Lipinski definition) is 2. The molecule has 0 atom stereocenters. The number of anilines is 1. The number of amides is 1. The minimum Gasteiger partial charge on any atom is -0.437 e. The lowest BCUT2D eigenvalue weighted by atomic mass is 10.1. The van der Waals surface area contributed by atoms with Crippen molar-refractivity contribution in [1.29, 1.82) is 0 Å². The molecule has 0 fully saturated rings. The molecule has 0 saturated carbocycles. The fourth-order valence-corrected chi connectivity index (χ4v) is 1.95. The number of nitrogens with two attached hydrogens (primary N) is 2. The zero-order chi connectivity index (χ0) is 14.5. The van der Waals surface area contributed by atoms with E-state index in [1.807, 2.05) is 22.9 Å². The van der Waals surface area contributed by atoms with Gasteiger partial charge in [-0.2, -0.15) is 0 Å². The van der Waals surface area contributed by atoms with Crippen molar-refractivity contribution in [2.75, 3.05) is 12.3 Å². The fraction of sp³-hybridized carbons (Fsp3) is 0.0769. The molecular weight excluding hydrogens is 324 g/mol. The maximum Gasteiger partial charge on any atom is 0.405 e. The number of carbonyl (C=O) groups excluding carboxylic acids is 1. The number of primary amides is 1. The van der Waals surface area contributed by atoms with Gasteiger partial charge in [-0.15, -0.1) is 0 Å². The van der Waals surface area contributed by atoms with Crippen molar-refractivity contribution in [3.05, 3.63) is 40.9 Å². The second-order valence-electron chi connectivity index (χ2n) is 3.77. The molecule has 0 unspecified atom stereocenters. The van der Waals surface area contributed by atoms with Gasteiger partial charge < -0.3 is 20.8 Å². The molecule has 1 heterocycles. The zero-order valence-electron chi connectivity index (χ0n) is 10.3. The van der Waals surface area contributed by atoms with Crippen molar-refractivity contribution >= 4 is 27.7 Å². The average Bonchev–Trinajstić information content (AvgIpc) is 2.92. The Morgan fingerprint density at radius 1 is 1.50 bits per heavy atom. The number of nitrogen functional groups attached to an aromatic ring is 1. The Labute approximate surface area is 123 Å². The summed E-state index contributed by atoms with van der Waals surface area (Å²) in [5.74, 6) is 5.51. The van der Waals surface area contributed by atoms with E-state index in [0.717, 1.165) is 10.2 Å². The topological polar surface area (TPSA) is 96.2 Å². The minimum atomic E-state index is -0.861. The van der Waals surface area contributed by atoms with Crippen LogP contribution in [-0.4, -0.2) is 22.3 Å². The quantitative estimate of drug-likeness (QED) is 0.644. The molecule has 2 aromatic rings. The molecule has 102 valence electrons. The number of imidazole rings is 1. The van der Waals surface area contributed by atoms with Crippen LogP contribution in [0.5, 0.6) is 0 Å². The van der Waals surface area contributed by atoms with Crippen molar-refractivity contribution in [2.24, 2.45) is 5.73 Å². The SMILES string of the molecule is NC(=O)OCC#Cc1cc(-n2ccnc2)cc(Br)c1N. The van der Waals surface area contributed by atoms with E-state index >= 15 is 0 Å². The summed E-state index contributed by atoms with van der Waals surface area (Å²) in [5.41, 5.74) is 12.8. The van der Waals surface area contributed by atoms with Gasteiger partial charge in [0.15, 0.2) is 6.61 Å². The molecule has 0 radical (unpaired) electrons. The normalized spacial score (nSPS) is 9.65. The third kappa shape index (κ3) is 3.30. The van der Waals surface area contributed by atoms with Crippen LogP contribution in [0.15, 0.2) is 35.3 Å². The third-order valence-electron chi connectivity index (χ3n) is 2.43. The number of halogens is 1. The predicted molar refractivity (Wildman–Crippen MR) is 78.1 cm³/mol. The second-order valence-corrected chi connectivity index (χ2v) is 4.62. The summed E-state index contributed by atoms with van der Waals surface area (Å²) in [6, 6.07) is 3.68. The highest BCUT2D eigenvalue weighted by Gasteiger charge is 2.06. The van der Waals surface area contributed by atoms with E-state index in [4.69, 9.17) is 11.5 Å². The summed E-state index contributed by atoms with van der Waals surface area (Å²) in [7, 11) is 0. The van der Waals surface area contributed by atoms with Crippen LogP contribution in [-0.2, 0) is 4.74 Å². The lowest BCUT2D eigenvalue weighted by Gasteiger charge is -2.07. The van der Waals surface area contributed by atoms with Gasteiger partial charge in [0, 0.05) is 22.6 Å². The number of aromatic nitrogens is 2. The summed E-state index contributed by atoms with van der Waals surface area (Å²) in [5, 5.41) is 0. The highest BCUT2D eigenvalue weighted by molar-refractivity contribution is 9.10. The van der Waals surface area contributed by atoms with E-state index < -0.39 is 6.09 Å². The molecule has 0 spiro atoms. The molecule has 0 aliphatic heterocycles. The molecule has 1 amide bonds. The van der Waals surface area contributed by atoms with Gasteiger partial charge >= 0.3 is 6.09 Å². The van der Waals surface area contributed by atoms with Crippen molar-refractivity contribution in [3.8, 4) is 17.5 Å². The monoisotopic (exact) mass is 334 g/mol. The van der Waals surface area contributed by atoms with Gasteiger partial charge in [-0.3, -0.25) is 0 Å². The predicted octanol–water partition coefficient (Wildman–Crippen LogP) is 1.66. The molecule has 2 rings (SSSR count). The van der Waals surface area contributed by atoms with Gasteiger partial charge in [0.05, 0.1) is 17.6 Å². The summed E-state index contributed by atoms with van der Waals surface area (Å²) in [6.45, 7) is -0.0817. The van der Waals surface area contributed by atoms with Crippen molar-refractivity contribution in [3.63, 3.8) is 0 Å². The molecule has 20 heavy (non-hydrogen) atoms. The van der Waals surface area contributed by atoms with Gasteiger partial charge in [0.2, 0.25) is 0 Å². The van der Waals surface area contributed by atoms with E-state index in [1.54, 1.807) is 12.5 Å². The maximum atomic E-state index is 10.4. The first kappa shape index (κ1) is 14.0. The van der Waals surface area contributed by atoms with Gasteiger partial charge in [-0.1, -0.05) is 11.8 Å². The van der Waals surface area contributed by atoms with Crippen LogP contribution >= 0.6 is 15.9 Å². The first-order chi connectivity index (χ1) is 9.58. The molecule has 6 nitrogen and oxygen atoms in total. The van der Waals surface area contributed by atoms with E-state index in [9.17, 15) is 4.79 Å². The van der Waals surface area contributed by atoms with E-state index in [2.05, 4.69) is 37.5 Å². The lowest BCUT2D eigenvalue weighted by molar-refractivity contribution is 0.171. The third-order valence-corrected chi connectivity index (χ3v) is 3.08. The first-order valence-electron chi connectivity index (χ1n) is 5.56. The van der Waals surface area contributed by atoms with Crippen LogP contribution in [0.1, 0.15) is 5.56 Å². The molecule has 1 aromatic carbocycles. The van der Waals surface area contributed by atoms with Crippen molar-refractivity contribution < 1.29 is 9.53 Å². The molecule has 1 aromatic heterocycles. The first-order valence-corrected chi connectivity index (χ1v) is 6.35. The molecule has 7 heteroatoms. The summed E-state index contributed by atoms with van der Waals surface area (Å²) in [6.07, 6.45) is 4.30. The number of carbonyl (C=O) groups is 1. The molecule has 0 saturated heterocycles. The van der Waals surface area contributed by atoms with Crippen LogP contribution in [0.25, 0.3) is 5.69 Å². The molecule has 4 N–H and O–H groups in total. The molecule has 0 aliphatic rings. The Balaban J connectivity index is 2.30. The highest BCUT2D eigenvalue weighted by atomic mass is 79.9. The fourth-order valence-electron chi connectivity index (χ4n) is 1.51. The van der Waals surface area contributed by atoms with Crippen LogP contribution in [0.2, 0.25) is 0 Å². The molecular formula is C13H11BrN4O2. The number of nitrogens with zero attached hydrogens (tertiary/aromatic N) is 2. The number of ether oxygens (including phenoxy) is 1.